The minimum Gasteiger partial charge on any atom is -0.593 e. The van der Waals surface area contributed by atoms with E-state index in [1.54, 1.807) is 0 Å². The van der Waals surface area contributed by atoms with Gasteiger partial charge in [-0.15, -0.1) is 4.31 Å². The first-order valence-corrected chi connectivity index (χ1v) is 10.3. The molecule has 0 amide bonds. The van der Waals surface area contributed by atoms with Gasteiger partial charge >= 0.3 is 0 Å². The monoisotopic (exact) mass is 379 g/mol. The van der Waals surface area contributed by atoms with Crippen molar-refractivity contribution in [2.45, 2.75) is 31.2 Å². The summed E-state index contributed by atoms with van der Waals surface area (Å²) in [6.07, 6.45) is 4.70. The fourth-order valence-corrected chi connectivity index (χ4v) is 5.28. The second kappa shape index (κ2) is 6.37. The van der Waals surface area contributed by atoms with Crippen LogP contribution < -0.4 is 0 Å². The average Bonchev–Trinajstić information content (AvgIpc) is 3.38. The van der Waals surface area contributed by atoms with Gasteiger partial charge in [-0.25, -0.2) is 9.97 Å². The summed E-state index contributed by atoms with van der Waals surface area (Å²) in [7, 11) is 0. The molecule has 1 saturated heterocycles. The molecule has 138 valence electrons. The van der Waals surface area contributed by atoms with Crippen LogP contribution in [0.1, 0.15) is 23.9 Å². The number of nitrogens with one attached hydrogen (secondary N) is 1. The number of H-pyrrole nitrogens is 1. The molecule has 0 bridgehead atoms. The maximum Gasteiger partial charge on any atom is 0.174 e. The topological polar surface area (TPSA) is 72.8 Å². The van der Waals surface area contributed by atoms with Crippen molar-refractivity contribution in [1.82, 2.24) is 23.8 Å². The zero-order valence-corrected chi connectivity index (χ0v) is 16.2. The third kappa shape index (κ3) is 2.74. The van der Waals surface area contributed by atoms with Gasteiger partial charge in [0, 0.05) is 18.1 Å². The fraction of sp³-hybridized carbons (Fsp3) is 0.300. The Hall–Kier alpha value is -2.35. The number of aromatic amines is 1. The number of aromatic nitrogens is 4. The van der Waals surface area contributed by atoms with Crippen molar-refractivity contribution < 1.29 is 4.55 Å². The molecule has 6 nitrogen and oxygen atoms in total. The maximum atomic E-state index is 13.0. The van der Waals surface area contributed by atoms with E-state index in [9.17, 15) is 4.55 Å². The largest absolute Gasteiger partial charge is 0.593 e. The number of hydrogen-bond acceptors (Lipinski definition) is 4. The van der Waals surface area contributed by atoms with E-state index in [-0.39, 0.29) is 6.04 Å². The molecule has 4 aromatic rings. The van der Waals surface area contributed by atoms with Crippen LogP contribution in [-0.2, 0) is 11.4 Å². The Balaban J connectivity index is 1.49. The number of benzene rings is 1. The molecule has 5 rings (SSSR count). The van der Waals surface area contributed by atoms with Crippen molar-refractivity contribution in [2.75, 3.05) is 13.1 Å². The SMILES string of the molecule is Cc1ccc([S+]([O-])N2CCC(n3c(C)nc4cnc5[nH]ccc5c43)C2)cc1. The molecule has 1 N–H and O–H groups in total. The maximum absolute atomic E-state index is 13.0. The second-order valence-corrected chi connectivity index (χ2v) is 8.64. The number of rotatable bonds is 3. The van der Waals surface area contributed by atoms with E-state index in [4.69, 9.17) is 4.98 Å². The highest BCUT2D eigenvalue weighted by Crippen LogP contribution is 2.33. The number of aryl methyl sites for hydroxylation is 2. The number of fused-ring (bicyclic) bond motifs is 3. The zero-order chi connectivity index (χ0) is 18.5. The van der Waals surface area contributed by atoms with Crippen LogP contribution >= 0.6 is 0 Å². The van der Waals surface area contributed by atoms with E-state index < -0.39 is 11.4 Å². The Bertz CT molecular complexity index is 1120. The summed E-state index contributed by atoms with van der Waals surface area (Å²) in [4.78, 5) is 13.2. The van der Waals surface area contributed by atoms with Gasteiger partial charge in [-0.2, -0.15) is 0 Å². The Labute approximate surface area is 160 Å². The second-order valence-electron chi connectivity index (χ2n) is 7.15. The smallest absolute Gasteiger partial charge is 0.174 e. The highest BCUT2D eigenvalue weighted by Gasteiger charge is 2.34. The molecule has 1 aliphatic rings. The van der Waals surface area contributed by atoms with E-state index in [1.807, 2.05) is 50.5 Å². The molecule has 1 aliphatic heterocycles. The summed E-state index contributed by atoms with van der Waals surface area (Å²) >= 11 is -1.13. The number of imidazole rings is 1. The summed E-state index contributed by atoms with van der Waals surface area (Å²) in [6, 6.07) is 10.3. The minimum absolute atomic E-state index is 0.255. The van der Waals surface area contributed by atoms with Crippen LogP contribution in [0.3, 0.4) is 0 Å². The average molecular weight is 379 g/mol. The highest BCUT2D eigenvalue weighted by atomic mass is 32.2. The normalized spacial score (nSPS) is 19.3. The van der Waals surface area contributed by atoms with Crippen LogP contribution in [0.5, 0.6) is 0 Å². The van der Waals surface area contributed by atoms with Crippen LogP contribution in [-0.4, -0.2) is 41.5 Å². The number of hydrogen-bond donors (Lipinski definition) is 1. The number of nitrogens with zero attached hydrogens (tertiary/aromatic N) is 4. The molecule has 0 radical (unpaired) electrons. The summed E-state index contributed by atoms with van der Waals surface area (Å²) in [6.45, 7) is 5.65. The first-order valence-electron chi connectivity index (χ1n) is 9.16. The van der Waals surface area contributed by atoms with Crippen molar-refractivity contribution in [1.29, 1.82) is 0 Å². The standard InChI is InChI=1S/C20H21N5OS/c1-13-3-5-16(6-4-13)27(26)24-10-8-15(12-24)25-14(2)23-18-11-22-20-17(19(18)25)7-9-21-20/h3-7,9,11,15H,8,10,12H2,1-2H3,(H,21,22). The molecular formula is C20H21N5OS. The van der Waals surface area contributed by atoms with Gasteiger partial charge in [0.05, 0.1) is 35.7 Å². The van der Waals surface area contributed by atoms with Gasteiger partial charge in [0.15, 0.2) is 4.90 Å². The van der Waals surface area contributed by atoms with Crippen LogP contribution in [0.25, 0.3) is 22.1 Å². The lowest BCUT2D eigenvalue weighted by molar-refractivity contribution is 0.452. The molecule has 27 heavy (non-hydrogen) atoms. The molecular weight excluding hydrogens is 358 g/mol. The summed E-state index contributed by atoms with van der Waals surface area (Å²) in [5.74, 6) is 0.980. The Kier molecular flexibility index (Phi) is 3.96. The molecule has 4 heterocycles. The Morgan fingerprint density at radius 2 is 2.00 bits per heavy atom. The molecule has 1 fully saturated rings. The Morgan fingerprint density at radius 1 is 1.19 bits per heavy atom. The van der Waals surface area contributed by atoms with Gasteiger partial charge in [0.25, 0.3) is 0 Å². The predicted octanol–water partition coefficient (Wildman–Crippen LogP) is 3.50. The van der Waals surface area contributed by atoms with Gasteiger partial charge in [0.2, 0.25) is 0 Å². The van der Waals surface area contributed by atoms with Crippen molar-refractivity contribution in [2.24, 2.45) is 0 Å². The lowest BCUT2D eigenvalue weighted by Crippen LogP contribution is -2.29. The zero-order valence-electron chi connectivity index (χ0n) is 15.3. The van der Waals surface area contributed by atoms with Gasteiger partial charge in [-0.1, -0.05) is 17.7 Å². The third-order valence-electron chi connectivity index (χ3n) is 5.36. The summed E-state index contributed by atoms with van der Waals surface area (Å²) in [5.41, 5.74) is 4.09. The third-order valence-corrected chi connectivity index (χ3v) is 6.84. The van der Waals surface area contributed by atoms with E-state index >= 15 is 0 Å². The van der Waals surface area contributed by atoms with Gasteiger partial charge in [-0.05, 0) is 38.5 Å². The quantitative estimate of drug-likeness (QED) is 0.553. The molecule has 0 saturated carbocycles. The van der Waals surface area contributed by atoms with Crippen molar-refractivity contribution in [3.63, 3.8) is 0 Å². The molecule has 3 aromatic heterocycles. The van der Waals surface area contributed by atoms with Crippen LogP contribution in [0.4, 0.5) is 0 Å². The van der Waals surface area contributed by atoms with Gasteiger partial charge in [0.1, 0.15) is 17.0 Å². The molecule has 2 atom stereocenters. The Morgan fingerprint density at radius 3 is 2.81 bits per heavy atom. The van der Waals surface area contributed by atoms with Crippen molar-refractivity contribution >= 4 is 33.4 Å². The first-order chi connectivity index (χ1) is 13.1. The lowest BCUT2D eigenvalue weighted by Gasteiger charge is -2.20. The van der Waals surface area contributed by atoms with E-state index in [2.05, 4.69) is 24.9 Å². The highest BCUT2D eigenvalue weighted by molar-refractivity contribution is 7.89. The van der Waals surface area contributed by atoms with Crippen molar-refractivity contribution in [3.05, 3.63) is 54.1 Å². The summed E-state index contributed by atoms with van der Waals surface area (Å²) in [5, 5.41) is 1.09. The lowest BCUT2D eigenvalue weighted by atomic mass is 10.2. The minimum atomic E-state index is -1.13. The van der Waals surface area contributed by atoms with E-state index in [0.29, 0.717) is 0 Å². The molecule has 1 aromatic carbocycles. The van der Waals surface area contributed by atoms with Gasteiger partial charge < -0.3 is 14.1 Å². The van der Waals surface area contributed by atoms with Crippen LogP contribution in [0.15, 0.2) is 47.6 Å². The van der Waals surface area contributed by atoms with E-state index in [0.717, 1.165) is 52.3 Å². The fourth-order valence-electron chi connectivity index (χ4n) is 4.03. The molecule has 0 aliphatic carbocycles. The number of pyridine rings is 1. The predicted molar refractivity (Wildman–Crippen MR) is 107 cm³/mol. The molecule has 7 heteroatoms. The summed E-state index contributed by atoms with van der Waals surface area (Å²) < 4.78 is 17.4. The van der Waals surface area contributed by atoms with Crippen molar-refractivity contribution in [3.8, 4) is 0 Å². The van der Waals surface area contributed by atoms with Gasteiger partial charge in [-0.3, -0.25) is 0 Å². The molecule has 0 spiro atoms. The molecule has 2 unspecified atom stereocenters. The van der Waals surface area contributed by atoms with Crippen LogP contribution in [0, 0.1) is 13.8 Å². The van der Waals surface area contributed by atoms with E-state index in [1.165, 1.54) is 5.56 Å². The van der Waals surface area contributed by atoms with Crippen LogP contribution in [0.2, 0.25) is 0 Å². The first kappa shape index (κ1) is 16.8.